The quantitative estimate of drug-likeness (QED) is 0.237. The minimum absolute atomic E-state index is 0.118. The first-order chi connectivity index (χ1) is 18.9. The van der Waals surface area contributed by atoms with Crippen molar-refractivity contribution in [1.29, 1.82) is 0 Å². The van der Waals surface area contributed by atoms with Gasteiger partial charge in [0.15, 0.2) is 5.11 Å². The lowest BCUT2D eigenvalue weighted by molar-refractivity contribution is 0.152. The van der Waals surface area contributed by atoms with Crippen LogP contribution in [0.2, 0.25) is 0 Å². The molecule has 3 atom stereocenters. The summed E-state index contributed by atoms with van der Waals surface area (Å²) < 4.78 is 18.7. The number of aromatic hydroxyl groups is 1. The highest BCUT2D eigenvalue weighted by Gasteiger charge is 2.44. The van der Waals surface area contributed by atoms with Crippen LogP contribution in [0.4, 0.5) is 10.1 Å². The number of likely N-dealkylation sites (N-methyl/N-ethyl adjacent to an activating group) is 1. The van der Waals surface area contributed by atoms with Gasteiger partial charge in [0.05, 0.1) is 25.3 Å². The van der Waals surface area contributed by atoms with E-state index in [0.29, 0.717) is 29.3 Å². The van der Waals surface area contributed by atoms with Gasteiger partial charge in [-0.1, -0.05) is 54.6 Å². The number of anilines is 1. The number of benzene rings is 4. The van der Waals surface area contributed by atoms with Crippen LogP contribution in [-0.4, -0.2) is 40.4 Å². The molecule has 1 heterocycles. The number of aliphatic hydroxyl groups is 1. The number of phenolic OH excluding ortho intramolecular Hbond substituents is 1. The summed E-state index contributed by atoms with van der Waals surface area (Å²) in [5, 5.41) is 22.6. The van der Waals surface area contributed by atoms with Gasteiger partial charge in [-0.05, 0) is 78.1 Å². The molecule has 0 radical (unpaired) electrons. The maximum absolute atomic E-state index is 13.4. The summed E-state index contributed by atoms with van der Waals surface area (Å²) in [5.41, 5.74) is 4.52. The van der Waals surface area contributed by atoms with E-state index in [9.17, 15) is 14.6 Å². The van der Waals surface area contributed by atoms with Gasteiger partial charge in [0.1, 0.15) is 17.3 Å². The summed E-state index contributed by atoms with van der Waals surface area (Å²) >= 11 is 5.95. The van der Waals surface area contributed by atoms with Crippen LogP contribution >= 0.6 is 12.2 Å². The first-order valence-corrected chi connectivity index (χ1v) is 13.3. The molecule has 0 saturated carbocycles. The maximum Gasteiger partial charge on any atom is 0.176 e. The number of hydrogen-bond acceptors (Lipinski definition) is 4. The van der Waals surface area contributed by atoms with Gasteiger partial charge in [-0.25, -0.2) is 4.39 Å². The van der Waals surface area contributed by atoms with Crippen molar-refractivity contribution >= 4 is 23.0 Å². The number of aliphatic hydroxyl groups excluding tert-OH is 1. The van der Waals surface area contributed by atoms with Crippen molar-refractivity contribution in [2.45, 2.75) is 31.0 Å². The molecule has 0 amide bonds. The van der Waals surface area contributed by atoms with Gasteiger partial charge in [0, 0.05) is 24.4 Å². The highest BCUT2D eigenvalue weighted by Crippen LogP contribution is 2.44. The minimum atomic E-state index is -0.753. The predicted octanol–water partition coefficient (Wildman–Crippen LogP) is 6.87. The Bertz CT molecular complexity index is 1430. The molecule has 4 aromatic carbocycles. The van der Waals surface area contributed by atoms with E-state index in [-0.39, 0.29) is 23.7 Å². The average molecular weight is 543 g/mol. The Labute approximate surface area is 233 Å². The Hall–Kier alpha value is -3.94. The molecule has 0 spiro atoms. The fourth-order valence-electron chi connectivity index (χ4n) is 5.31. The molecular weight excluding hydrogens is 511 g/mol. The average Bonchev–Trinajstić information content (AvgIpc) is 3.21. The van der Waals surface area contributed by atoms with E-state index in [1.807, 2.05) is 54.4 Å². The number of ether oxygens (including phenoxy) is 1. The SMILES string of the molecule is COc1ccc([C@@H]2[C@H](CCC(O)c3ccc(F)cc3)N(C)C(=S)N2c2ccc(-c3ccccc3)cc2)c(O)c1. The molecular formula is C32H31FN2O3S. The van der Waals surface area contributed by atoms with Gasteiger partial charge < -0.3 is 24.7 Å². The number of hydrogen-bond donors (Lipinski definition) is 2. The zero-order valence-electron chi connectivity index (χ0n) is 21.9. The van der Waals surface area contributed by atoms with Crippen LogP contribution < -0.4 is 9.64 Å². The lowest BCUT2D eigenvalue weighted by Gasteiger charge is -2.30. The van der Waals surface area contributed by atoms with Gasteiger partial charge >= 0.3 is 0 Å². The Balaban J connectivity index is 1.48. The van der Waals surface area contributed by atoms with Gasteiger partial charge in [-0.15, -0.1) is 0 Å². The zero-order valence-corrected chi connectivity index (χ0v) is 22.7. The van der Waals surface area contributed by atoms with Crippen LogP contribution in [0.25, 0.3) is 11.1 Å². The lowest BCUT2D eigenvalue weighted by atomic mass is 9.92. The molecule has 39 heavy (non-hydrogen) atoms. The van der Waals surface area contributed by atoms with Crippen molar-refractivity contribution in [2.24, 2.45) is 0 Å². The predicted molar refractivity (Wildman–Crippen MR) is 156 cm³/mol. The van der Waals surface area contributed by atoms with E-state index < -0.39 is 6.10 Å². The van der Waals surface area contributed by atoms with Crippen LogP contribution in [0, 0.1) is 5.82 Å². The largest absolute Gasteiger partial charge is 0.507 e. The minimum Gasteiger partial charge on any atom is -0.507 e. The van der Waals surface area contributed by atoms with E-state index in [1.165, 1.54) is 12.1 Å². The zero-order chi connectivity index (χ0) is 27.5. The second kappa shape index (κ2) is 11.4. The number of rotatable bonds is 8. The van der Waals surface area contributed by atoms with Crippen molar-refractivity contribution in [3.05, 3.63) is 114 Å². The van der Waals surface area contributed by atoms with Crippen molar-refractivity contribution in [1.82, 2.24) is 4.90 Å². The van der Waals surface area contributed by atoms with Gasteiger partial charge in [0.25, 0.3) is 0 Å². The number of phenols is 1. The monoisotopic (exact) mass is 542 g/mol. The number of halogens is 1. The molecule has 0 aliphatic carbocycles. The summed E-state index contributed by atoms with van der Waals surface area (Å²) in [5.74, 6) is 0.343. The van der Waals surface area contributed by atoms with Crippen molar-refractivity contribution < 1.29 is 19.3 Å². The highest BCUT2D eigenvalue weighted by atomic mass is 32.1. The molecule has 2 N–H and O–H groups in total. The smallest absolute Gasteiger partial charge is 0.176 e. The lowest BCUT2D eigenvalue weighted by Crippen LogP contribution is -2.31. The summed E-state index contributed by atoms with van der Waals surface area (Å²) in [7, 11) is 3.51. The second-order valence-corrected chi connectivity index (χ2v) is 10.1. The molecule has 0 aromatic heterocycles. The van der Waals surface area contributed by atoms with Crippen LogP contribution in [-0.2, 0) is 0 Å². The van der Waals surface area contributed by atoms with Crippen molar-refractivity contribution in [3.8, 4) is 22.6 Å². The molecule has 1 fully saturated rings. The third-order valence-corrected chi connectivity index (χ3v) is 7.93. The van der Waals surface area contributed by atoms with Gasteiger partial charge in [-0.2, -0.15) is 0 Å². The molecule has 5 rings (SSSR count). The first kappa shape index (κ1) is 26.7. The molecule has 7 heteroatoms. The topological polar surface area (TPSA) is 56.2 Å². The summed E-state index contributed by atoms with van der Waals surface area (Å²) in [4.78, 5) is 4.10. The number of thiocarbonyl (C=S) groups is 1. The van der Waals surface area contributed by atoms with Crippen LogP contribution in [0.1, 0.15) is 36.1 Å². The Morgan fingerprint density at radius 3 is 2.23 bits per heavy atom. The Morgan fingerprint density at radius 2 is 1.59 bits per heavy atom. The molecule has 1 aliphatic heterocycles. The van der Waals surface area contributed by atoms with E-state index in [2.05, 4.69) is 29.2 Å². The molecule has 5 nitrogen and oxygen atoms in total. The van der Waals surface area contributed by atoms with E-state index in [1.54, 1.807) is 25.3 Å². The summed E-state index contributed by atoms with van der Waals surface area (Å²) in [6.45, 7) is 0. The summed E-state index contributed by atoms with van der Waals surface area (Å²) in [6, 6.07) is 29.2. The molecule has 0 bridgehead atoms. The van der Waals surface area contributed by atoms with Crippen molar-refractivity contribution in [3.63, 3.8) is 0 Å². The molecule has 1 saturated heterocycles. The standard InChI is InChI=1S/C32H31FN2O3S/c1-34-28(18-19-29(36)23-8-12-24(33)13-9-23)31(27-17-16-26(38-2)20-30(27)37)35(32(34)39)25-14-10-22(11-15-25)21-6-4-3-5-7-21/h3-17,20,28-29,31,36-37H,18-19H2,1-2H3/t28-,29?,31+/m0/s1. The van der Waals surface area contributed by atoms with E-state index in [0.717, 1.165) is 22.4 Å². The molecule has 1 aliphatic rings. The van der Waals surface area contributed by atoms with Crippen molar-refractivity contribution in [2.75, 3.05) is 19.1 Å². The fraction of sp³-hybridized carbons (Fsp3) is 0.219. The number of nitrogens with zero attached hydrogens (tertiary/aromatic N) is 2. The molecule has 4 aromatic rings. The van der Waals surface area contributed by atoms with Crippen LogP contribution in [0.5, 0.6) is 11.5 Å². The Morgan fingerprint density at radius 1 is 0.923 bits per heavy atom. The van der Waals surface area contributed by atoms with Crippen LogP contribution in [0.3, 0.4) is 0 Å². The third kappa shape index (κ3) is 5.46. The first-order valence-electron chi connectivity index (χ1n) is 12.9. The summed E-state index contributed by atoms with van der Waals surface area (Å²) in [6.07, 6.45) is 0.276. The number of methoxy groups -OCH3 is 1. The van der Waals surface area contributed by atoms with E-state index >= 15 is 0 Å². The van der Waals surface area contributed by atoms with Gasteiger partial charge in [-0.3, -0.25) is 0 Å². The highest BCUT2D eigenvalue weighted by molar-refractivity contribution is 7.80. The van der Waals surface area contributed by atoms with Crippen LogP contribution in [0.15, 0.2) is 97.1 Å². The van der Waals surface area contributed by atoms with Gasteiger partial charge in [0.2, 0.25) is 0 Å². The maximum atomic E-state index is 13.4. The molecule has 1 unspecified atom stereocenters. The van der Waals surface area contributed by atoms with E-state index in [4.69, 9.17) is 17.0 Å². The second-order valence-electron chi connectivity index (χ2n) is 9.76. The molecule has 200 valence electrons. The Kier molecular flexibility index (Phi) is 7.82. The fourth-order valence-corrected chi connectivity index (χ4v) is 5.66. The third-order valence-electron chi connectivity index (χ3n) is 7.45. The normalized spacial score (nSPS) is 17.9.